The Morgan fingerprint density at radius 2 is 1.87 bits per heavy atom. The fraction of sp³-hybridized carbons (Fsp3) is 0.435. The smallest absolute Gasteiger partial charge is 0.195 e. The molecule has 0 saturated heterocycles. The van der Waals surface area contributed by atoms with Gasteiger partial charge in [-0.15, -0.1) is 0 Å². The van der Waals surface area contributed by atoms with Crippen LogP contribution in [-0.2, 0) is 11.0 Å². The summed E-state index contributed by atoms with van der Waals surface area (Å²) in [7, 11) is -1.85. The van der Waals surface area contributed by atoms with Crippen LogP contribution in [0.4, 0.5) is 5.82 Å². The molecule has 8 heteroatoms. The van der Waals surface area contributed by atoms with Crippen molar-refractivity contribution in [2.24, 2.45) is 0 Å². The van der Waals surface area contributed by atoms with Crippen LogP contribution < -0.4 is 5.73 Å². The van der Waals surface area contributed by atoms with Crippen molar-refractivity contribution in [3.8, 4) is 0 Å². The largest absolute Gasteiger partial charge is 0.416 e. The Balaban J connectivity index is 1.74. The van der Waals surface area contributed by atoms with E-state index in [1.54, 1.807) is 16.6 Å². The Morgan fingerprint density at radius 3 is 2.55 bits per heavy atom. The van der Waals surface area contributed by atoms with Crippen LogP contribution in [0.1, 0.15) is 36.8 Å². The van der Waals surface area contributed by atoms with E-state index in [1.165, 1.54) is 6.33 Å². The monoisotopic (exact) mass is 439 g/mol. The molecule has 0 fully saturated rings. The first-order valence-corrected chi connectivity index (χ1v) is 13.5. The van der Waals surface area contributed by atoms with Gasteiger partial charge in [0.1, 0.15) is 17.5 Å². The lowest BCUT2D eigenvalue weighted by atomic mass is 10.2. The second-order valence-corrected chi connectivity index (χ2v) is 14.2. The number of hydrogen-bond acceptors (Lipinski definition) is 6. The molecule has 0 radical (unpaired) electrons. The van der Waals surface area contributed by atoms with Crippen LogP contribution in [0.15, 0.2) is 48.8 Å². The van der Waals surface area contributed by atoms with Gasteiger partial charge < -0.3 is 10.2 Å². The number of carbonyl (C=O) groups excluding carboxylic acids is 1. The Labute approximate surface area is 185 Å². The third-order valence-corrected chi connectivity index (χ3v) is 10.6. The van der Waals surface area contributed by atoms with Gasteiger partial charge in [0.05, 0.1) is 6.54 Å². The van der Waals surface area contributed by atoms with Crippen LogP contribution in [0.25, 0.3) is 5.52 Å². The maximum atomic E-state index is 13.2. The van der Waals surface area contributed by atoms with Gasteiger partial charge in [-0.1, -0.05) is 51.1 Å². The molecule has 0 aliphatic heterocycles. The van der Waals surface area contributed by atoms with E-state index in [1.807, 2.05) is 18.2 Å². The fourth-order valence-electron chi connectivity index (χ4n) is 3.15. The molecule has 2 N–H and O–H groups in total. The third kappa shape index (κ3) is 5.58. The molecule has 0 bridgehead atoms. The molecule has 3 aromatic rings. The molecule has 2 aromatic heterocycles. The second-order valence-electron chi connectivity index (χ2n) is 9.39. The molecule has 7 nitrogen and oxygen atoms in total. The molecule has 0 atom stereocenters. The van der Waals surface area contributed by atoms with Crippen molar-refractivity contribution in [1.29, 1.82) is 0 Å². The van der Waals surface area contributed by atoms with Crippen LogP contribution in [0, 0.1) is 0 Å². The SMILES string of the molecule is CC(C)(C)[Si](C)(C)OCCN(CC(=O)c1ccc2c(N)ncnn12)Cc1ccccc1. The van der Waals surface area contributed by atoms with Crippen LogP contribution in [0.3, 0.4) is 0 Å². The van der Waals surface area contributed by atoms with Gasteiger partial charge in [0.2, 0.25) is 0 Å². The molecule has 166 valence electrons. The zero-order chi connectivity index (χ0) is 22.6. The average Bonchev–Trinajstić information content (AvgIpc) is 3.13. The second kappa shape index (κ2) is 9.29. The lowest BCUT2D eigenvalue weighted by molar-refractivity contribution is 0.0903. The van der Waals surface area contributed by atoms with Crippen molar-refractivity contribution in [2.45, 2.75) is 45.4 Å². The van der Waals surface area contributed by atoms with Crippen molar-refractivity contribution in [2.75, 3.05) is 25.4 Å². The van der Waals surface area contributed by atoms with Gasteiger partial charge in [-0.3, -0.25) is 9.69 Å². The standard InChI is InChI=1S/C23H33N5O2Si/c1-23(2,3)31(4,5)30-14-13-27(15-18-9-7-6-8-10-18)16-21(29)19-11-12-20-22(24)25-17-26-28(19)20/h6-12,17H,13-16H2,1-5H3,(H2,24,25,26). The highest BCUT2D eigenvalue weighted by molar-refractivity contribution is 6.74. The summed E-state index contributed by atoms with van der Waals surface area (Å²) >= 11 is 0. The maximum absolute atomic E-state index is 13.2. The summed E-state index contributed by atoms with van der Waals surface area (Å²) in [5.74, 6) is 0.347. The summed E-state index contributed by atoms with van der Waals surface area (Å²) in [5.41, 5.74) is 8.22. The number of rotatable bonds is 9. The minimum Gasteiger partial charge on any atom is -0.416 e. The average molecular weight is 440 g/mol. The van der Waals surface area contributed by atoms with Crippen LogP contribution in [0.2, 0.25) is 18.1 Å². The predicted molar refractivity (Wildman–Crippen MR) is 127 cm³/mol. The molecule has 0 saturated carbocycles. The molecule has 0 unspecified atom stereocenters. The summed E-state index contributed by atoms with van der Waals surface area (Å²) in [5, 5.41) is 4.35. The van der Waals surface area contributed by atoms with E-state index >= 15 is 0 Å². The topological polar surface area (TPSA) is 85.8 Å². The number of anilines is 1. The number of aromatic nitrogens is 3. The Hall–Kier alpha value is -2.55. The van der Waals surface area contributed by atoms with Crippen molar-refractivity contribution in [3.05, 3.63) is 60.0 Å². The number of ketones is 1. The Bertz CT molecular complexity index is 1030. The van der Waals surface area contributed by atoms with Gasteiger partial charge in [0.15, 0.2) is 19.9 Å². The van der Waals surface area contributed by atoms with Gasteiger partial charge in [-0.25, -0.2) is 9.50 Å². The molecule has 0 aliphatic carbocycles. The van der Waals surface area contributed by atoms with Gasteiger partial charge in [0, 0.05) is 19.7 Å². The van der Waals surface area contributed by atoms with Crippen LogP contribution >= 0.6 is 0 Å². The highest BCUT2D eigenvalue weighted by Crippen LogP contribution is 2.36. The Kier molecular flexibility index (Phi) is 6.93. The molecule has 2 heterocycles. The van der Waals surface area contributed by atoms with Crippen molar-refractivity contribution >= 4 is 25.4 Å². The Morgan fingerprint density at radius 1 is 1.16 bits per heavy atom. The van der Waals surface area contributed by atoms with E-state index in [9.17, 15) is 4.79 Å². The number of nitrogen functional groups attached to an aromatic ring is 1. The summed E-state index contributed by atoms with van der Waals surface area (Å²) in [6, 6.07) is 13.7. The molecule has 31 heavy (non-hydrogen) atoms. The minimum absolute atomic E-state index is 0.0126. The normalized spacial score (nSPS) is 12.6. The summed E-state index contributed by atoms with van der Waals surface area (Å²) in [6.45, 7) is 13.4. The van der Waals surface area contributed by atoms with E-state index in [0.717, 1.165) is 5.56 Å². The summed E-state index contributed by atoms with van der Waals surface area (Å²) in [6.07, 6.45) is 1.37. The molecule has 0 aliphatic rings. The van der Waals surface area contributed by atoms with E-state index in [2.05, 4.69) is 61.0 Å². The van der Waals surface area contributed by atoms with Gasteiger partial charge in [0.25, 0.3) is 0 Å². The summed E-state index contributed by atoms with van der Waals surface area (Å²) in [4.78, 5) is 19.3. The van der Waals surface area contributed by atoms with Crippen LogP contribution in [-0.4, -0.2) is 53.3 Å². The van der Waals surface area contributed by atoms with Gasteiger partial charge in [-0.05, 0) is 35.8 Å². The number of carbonyl (C=O) groups is 1. The molecule has 0 amide bonds. The first kappa shape index (κ1) is 23.1. The first-order valence-electron chi connectivity index (χ1n) is 10.6. The fourth-order valence-corrected chi connectivity index (χ4v) is 4.18. The van der Waals surface area contributed by atoms with E-state index in [-0.39, 0.29) is 17.4 Å². The molecular formula is C23H33N5O2Si. The minimum atomic E-state index is -1.85. The van der Waals surface area contributed by atoms with Gasteiger partial charge >= 0.3 is 0 Å². The number of benzene rings is 1. The summed E-state index contributed by atoms with van der Waals surface area (Å²) < 4.78 is 7.93. The molecule has 3 rings (SSSR count). The lowest BCUT2D eigenvalue weighted by Gasteiger charge is -2.36. The van der Waals surface area contributed by atoms with Crippen molar-refractivity contribution in [1.82, 2.24) is 19.5 Å². The molecule has 1 aromatic carbocycles. The van der Waals surface area contributed by atoms with E-state index < -0.39 is 8.32 Å². The van der Waals surface area contributed by atoms with Crippen molar-refractivity contribution < 1.29 is 9.22 Å². The molecular weight excluding hydrogens is 406 g/mol. The third-order valence-electron chi connectivity index (χ3n) is 6.06. The maximum Gasteiger partial charge on any atom is 0.195 e. The van der Waals surface area contributed by atoms with E-state index in [0.29, 0.717) is 36.7 Å². The van der Waals surface area contributed by atoms with Gasteiger partial charge in [-0.2, -0.15) is 5.10 Å². The quantitative estimate of drug-likeness (QED) is 0.400. The van der Waals surface area contributed by atoms with E-state index in [4.69, 9.17) is 10.2 Å². The number of hydrogen-bond donors (Lipinski definition) is 1. The highest BCUT2D eigenvalue weighted by atomic mass is 28.4. The van der Waals surface area contributed by atoms with Crippen LogP contribution in [0.5, 0.6) is 0 Å². The van der Waals surface area contributed by atoms with Crippen molar-refractivity contribution in [3.63, 3.8) is 0 Å². The number of Topliss-reactive ketones (excluding diaryl/α,β-unsaturated/α-hetero) is 1. The lowest BCUT2D eigenvalue weighted by Crippen LogP contribution is -2.43. The number of fused-ring (bicyclic) bond motifs is 1. The zero-order valence-electron chi connectivity index (χ0n) is 19.1. The predicted octanol–water partition coefficient (Wildman–Crippen LogP) is 4.02. The zero-order valence-corrected chi connectivity index (χ0v) is 20.1. The number of nitrogens with two attached hydrogens (primary N) is 1. The molecule has 0 spiro atoms. The highest BCUT2D eigenvalue weighted by Gasteiger charge is 2.37. The first-order chi connectivity index (χ1) is 14.6. The number of nitrogens with zero attached hydrogens (tertiary/aromatic N) is 4.